The first-order valence-corrected chi connectivity index (χ1v) is 9.94. The Hall–Kier alpha value is -2.34. The molecule has 0 aliphatic carbocycles. The van der Waals surface area contributed by atoms with Gasteiger partial charge >= 0.3 is 0 Å². The molecule has 2 aromatic carbocycles. The predicted octanol–water partition coefficient (Wildman–Crippen LogP) is 2.81. The number of benzene rings is 2. The second-order valence-corrected chi connectivity index (χ2v) is 8.10. The van der Waals surface area contributed by atoms with Crippen LogP contribution < -0.4 is 9.62 Å². The minimum absolute atomic E-state index is 0.181. The summed E-state index contributed by atoms with van der Waals surface area (Å²) in [6.07, 6.45) is 1.18. The molecule has 0 fully saturated rings. The lowest BCUT2D eigenvalue weighted by molar-refractivity contribution is 0.0954. The van der Waals surface area contributed by atoms with Crippen LogP contribution in [-0.2, 0) is 10.0 Å². The first-order valence-electron chi connectivity index (χ1n) is 8.09. The zero-order valence-electron chi connectivity index (χ0n) is 15.0. The van der Waals surface area contributed by atoms with Gasteiger partial charge in [-0.3, -0.25) is 9.10 Å². The average Bonchev–Trinajstić information content (AvgIpc) is 2.51. The highest BCUT2D eigenvalue weighted by atomic mass is 32.2. The van der Waals surface area contributed by atoms with Crippen molar-refractivity contribution >= 4 is 21.6 Å². The highest BCUT2D eigenvalue weighted by Gasteiger charge is 2.19. The van der Waals surface area contributed by atoms with Gasteiger partial charge in [0.1, 0.15) is 0 Å². The summed E-state index contributed by atoms with van der Waals surface area (Å²) in [4.78, 5) is 12.3. The molecule has 0 saturated carbocycles. The molecule has 25 heavy (non-hydrogen) atoms. The number of nitrogens with zero attached hydrogens (tertiary/aromatic N) is 1. The van der Waals surface area contributed by atoms with Gasteiger partial charge in [-0.15, -0.1) is 0 Å². The van der Waals surface area contributed by atoms with E-state index < -0.39 is 10.0 Å². The van der Waals surface area contributed by atoms with Crippen LogP contribution in [0.5, 0.6) is 0 Å². The number of amides is 1. The van der Waals surface area contributed by atoms with E-state index in [4.69, 9.17) is 0 Å². The molecule has 134 valence electrons. The maximum atomic E-state index is 12.3. The number of sulfonamides is 1. The minimum atomic E-state index is -3.44. The first-order chi connectivity index (χ1) is 11.7. The Morgan fingerprint density at radius 1 is 1.04 bits per heavy atom. The van der Waals surface area contributed by atoms with Gasteiger partial charge in [-0.1, -0.05) is 35.9 Å². The van der Waals surface area contributed by atoms with Crippen molar-refractivity contribution in [2.75, 3.05) is 23.7 Å². The quantitative estimate of drug-likeness (QED) is 0.861. The van der Waals surface area contributed by atoms with Crippen LogP contribution in [0.4, 0.5) is 5.69 Å². The molecule has 0 spiro atoms. The highest BCUT2D eigenvalue weighted by molar-refractivity contribution is 7.92. The predicted molar refractivity (Wildman–Crippen MR) is 102 cm³/mol. The summed E-state index contributed by atoms with van der Waals surface area (Å²) >= 11 is 0. The summed E-state index contributed by atoms with van der Waals surface area (Å²) < 4.78 is 25.7. The van der Waals surface area contributed by atoms with Crippen LogP contribution in [0.1, 0.15) is 27.0 Å². The van der Waals surface area contributed by atoms with Gasteiger partial charge in [0, 0.05) is 12.1 Å². The van der Waals surface area contributed by atoms with Crippen LogP contribution in [-0.4, -0.2) is 33.7 Å². The van der Waals surface area contributed by atoms with E-state index in [0.29, 0.717) is 11.3 Å². The third-order valence-electron chi connectivity index (χ3n) is 4.01. The van der Waals surface area contributed by atoms with E-state index in [2.05, 4.69) is 5.32 Å². The second kappa shape index (κ2) is 7.70. The molecule has 1 N–H and O–H groups in total. The third-order valence-corrected chi connectivity index (χ3v) is 5.19. The Kier molecular flexibility index (Phi) is 5.85. The van der Waals surface area contributed by atoms with Gasteiger partial charge in [0.15, 0.2) is 0 Å². The van der Waals surface area contributed by atoms with E-state index >= 15 is 0 Å². The lowest BCUT2D eigenvalue weighted by Crippen LogP contribution is -2.38. The van der Waals surface area contributed by atoms with Gasteiger partial charge in [-0.2, -0.15) is 0 Å². The molecule has 0 saturated heterocycles. The molecule has 0 atom stereocenters. The van der Waals surface area contributed by atoms with Crippen LogP contribution >= 0.6 is 0 Å². The van der Waals surface area contributed by atoms with Gasteiger partial charge in [0.25, 0.3) is 5.91 Å². The Labute approximate surface area is 149 Å². The van der Waals surface area contributed by atoms with Gasteiger partial charge < -0.3 is 5.32 Å². The molecule has 0 heterocycles. The Morgan fingerprint density at radius 3 is 2.32 bits per heavy atom. The van der Waals surface area contributed by atoms with Gasteiger partial charge in [-0.25, -0.2) is 8.42 Å². The second-order valence-electron chi connectivity index (χ2n) is 6.20. The SMILES string of the molecule is Cc1ccc(N(CCNC(=O)c2ccccc2C)S(C)(=O)=O)c(C)c1. The topological polar surface area (TPSA) is 66.5 Å². The fourth-order valence-corrected chi connectivity index (χ4v) is 3.73. The van der Waals surface area contributed by atoms with E-state index in [1.807, 2.05) is 45.0 Å². The standard InChI is InChI=1S/C19H24N2O3S/c1-14-9-10-18(16(3)13-14)21(25(4,23)24)12-11-20-19(22)17-8-6-5-7-15(17)2/h5-10,13H,11-12H2,1-4H3,(H,20,22). The number of rotatable bonds is 6. The molecule has 5 nitrogen and oxygen atoms in total. The van der Waals surface area contributed by atoms with Crippen molar-refractivity contribution in [1.82, 2.24) is 5.32 Å². The highest BCUT2D eigenvalue weighted by Crippen LogP contribution is 2.23. The van der Waals surface area contributed by atoms with Crippen molar-refractivity contribution in [3.63, 3.8) is 0 Å². The summed E-state index contributed by atoms with van der Waals surface area (Å²) in [5.74, 6) is -0.202. The molecule has 2 aromatic rings. The maximum Gasteiger partial charge on any atom is 0.251 e. The molecular formula is C19H24N2O3S. The fraction of sp³-hybridized carbons (Fsp3) is 0.316. The van der Waals surface area contributed by atoms with Crippen LogP contribution in [0, 0.1) is 20.8 Å². The third kappa shape index (κ3) is 4.82. The van der Waals surface area contributed by atoms with Gasteiger partial charge in [-0.05, 0) is 44.0 Å². The van der Waals surface area contributed by atoms with Crippen LogP contribution in [0.3, 0.4) is 0 Å². The van der Waals surface area contributed by atoms with E-state index in [1.54, 1.807) is 18.2 Å². The molecule has 0 bridgehead atoms. The van der Waals surface area contributed by atoms with E-state index in [-0.39, 0.29) is 19.0 Å². The summed E-state index contributed by atoms with van der Waals surface area (Å²) in [6.45, 7) is 6.12. The number of nitrogens with one attached hydrogen (secondary N) is 1. The smallest absolute Gasteiger partial charge is 0.251 e. The minimum Gasteiger partial charge on any atom is -0.350 e. The van der Waals surface area contributed by atoms with Crippen molar-refractivity contribution in [3.8, 4) is 0 Å². The van der Waals surface area contributed by atoms with Crippen LogP contribution in [0.15, 0.2) is 42.5 Å². The molecule has 6 heteroatoms. The Bertz CT molecular complexity index is 876. The number of carbonyl (C=O) groups excluding carboxylic acids is 1. The van der Waals surface area contributed by atoms with Crippen LogP contribution in [0.2, 0.25) is 0 Å². The number of hydrogen-bond acceptors (Lipinski definition) is 3. The lowest BCUT2D eigenvalue weighted by atomic mass is 10.1. The largest absolute Gasteiger partial charge is 0.350 e. The van der Waals surface area contributed by atoms with E-state index in [9.17, 15) is 13.2 Å². The molecular weight excluding hydrogens is 336 g/mol. The average molecular weight is 360 g/mol. The first kappa shape index (κ1) is 19.0. The monoisotopic (exact) mass is 360 g/mol. The normalized spacial score (nSPS) is 11.2. The molecule has 0 unspecified atom stereocenters. The number of carbonyl (C=O) groups is 1. The summed E-state index contributed by atoms with van der Waals surface area (Å²) in [6, 6.07) is 12.9. The van der Waals surface area contributed by atoms with Gasteiger partial charge in [0.05, 0.1) is 18.5 Å². The summed E-state index contributed by atoms with van der Waals surface area (Å²) in [7, 11) is -3.44. The molecule has 0 aliphatic rings. The maximum absolute atomic E-state index is 12.3. The van der Waals surface area contributed by atoms with Crippen molar-refractivity contribution in [3.05, 3.63) is 64.7 Å². The zero-order chi connectivity index (χ0) is 18.6. The molecule has 0 aliphatic heterocycles. The summed E-state index contributed by atoms with van der Waals surface area (Å²) in [5.41, 5.74) is 4.07. The van der Waals surface area contributed by atoms with Gasteiger partial charge in [0.2, 0.25) is 10.0 Å². The van der Waals surface area contributed by atoms with Crippen molar-refractivity contribution in [2.24, 2.45) is 0 Å². The zero-order valence-corrected chi connectivity index (χ0v) is 15.9. The van der Waals surface area contributed by atoms with Crippen molar-refractivity contribution < 1.29 is 13.2 Å². The lowest BCUT2D eigenvalue weighted by Gasteiger charge is -2.24. The Morgan fingerprint density at radius 2 is 1.72 bits per heavy atom. The molecule has 0 radical (unpaired) electrons. The van der Waals surface area contributed by atoms with E-state index in [0.717, 1.165) is 16.7 Å². The number of aryl methyl sites for hydroxylation is 3. The number of anilines is 1. The van der Waals surface area contributed by atoms with Crippen molar-refractivity contribution in [1.29, 1.82) is 0 Å². The fourth-order valence-electron chi connectivity index (χ4n) is 2.74. The number of hydrogen-bond donors (Lipinski definition) is 1. The molecule has 1 amide bonds. The van der Waals surface area contributed by atoms with Crippen LogP contribution in [0.25, 0.3) is 0 Å². The molecule has 0 aromatic heterocycles. The summed E-state index contributed by atoms with van der Waals surface area (Å²) in [5, 5.41) is 2.80. The van der Waals surface area contributed by atoms with Crippen molar-refractivity contribution in [2.45, 2.75) is 20.8 Å². The molecule has 2 rings (SSSR count). The Balaban J connectivity index is 2.12. The van der Waals surface area contributed by atoms with E-state index in [1.165, 1.54) is 10.6 Å².